The van der Waals surface area contributed by atoms with E-state index in [1.165, 1.54) is 0 Å². The van der Waals surface area contributed by atoms with Crippen LogP contribution in [0, 0.1) is 6.92 Å². The van der Waals surface area contributed by atoms with Gasteiger partial charge >= 0.3 is 0 Å². The van der Waals surface area contributed by atoms with Gasteiger partial charge in [-0.1, -0.05) is 12.1 Å². The molecule has 0 spiro atoms. The van der Waals surface area contributed by atoms with Crippen molar-refractivity contribution in [2.75, 3.05) is 7.11 Å². The molecule has 134 valence electrons. The molecule has 25 heavy (non-hydrogen) atoms. The van der Waals surface area contributed by atoms with Crippen molar-refractivity contribution < 1.29 is 14.3 Å². The Kier molecular flexibility index (Phi) is 5.33. The lowest BCUT2D eigenvalue weighted by Crippen LogP contribution is -2.45. The summed E-state index contributed by atoms with van der Waals surface area (Å²) in [6.07, 6.45) is 1.17. The van der Waals surface area contributed by atoms with Gasteiger partial charge in [0, 0.05) is 19.0 Å². The van der Waals surface area contributed by atoms with Gasteiger partial charge in [0.25, 0.3) is 0 Å². The van der Waals surface area contributed by atoms with E-state index in [1.54, 1.807) is 14.0 Å². The number of aromatic nitrogens is 3. The number of hydrogen-bond acceptors (Lipinski definition) is 5. The Morgan fingerprint density at radius 1 is 1.44 bits per heavy atom. The Hall–Kier alpha value is -2.41. The average molecular weight is 344 g/mol. The van der Waals surface area contributed by atoms with Crippen LogP contribution in [0.15, 0.2) is 24.3 Å². The zero-order valence-corrected chi connectivity index (χ0v) is 14.9. The number of aryl methyl sites for hydroxylation is 2. The van der Waals surface area contributed by atoms with Crippen LogP contribution >= 0.6 is 0 Å². The summed E-state index contributed by atoms with van der Waals surface area (Å²) in [6, 6.07) is 7.72. The third-order valence-electron chi connectivity index (χ3n) is 4.48. The van der Waals surface area contributed by atoms with Gasteiger partial charge in [-0.2, -0.15) is 0 Å². The van der Waals surface area contributed by atoms with Crippen molar-refractivity contribution in [3.63, 3.8) is 0 Å². The second-order valence-corrected chi connectivity index (χ2v) is 6.32. The number of nitrogens with zero attached hydrogens (tertiary/aromatic N) is 3. The van der Waals surface area contributed by atoms with E-state index in [1.807, 2.05) is 31.2 Å². The van der Waals surface area contributed by atoms with E-state index in [2.05, 4.69) is 20.1 Å². The van der Waals surface area contributed by atoms with Gasteiger partial charge in [-0.15, -0.1) is 10.2 Å². The molecule has 1 aromatic carbocycles. The summed E-state index contributed by atoms with van der Waals surface area (Å²) in [7, 11) is 1.63. The lowest BCUT2D eigenvalue weighted by molar-refractivity contribution is -0.133. The highest BCUT2D eigenvalue weighted by atomic mass is 16.5. The van der Waals surface area contributed by atoms with Crippen LogP contribution in [-0.2, 0) is 29.1 Å². The molecule has 3 rings (SSSR count). The average Bonchev–Trinajstić information content (AvgIpc) is 3.00. The van der Waals surface area contributed by atoms with Gasteiger partial charge in [-0.05, 0) is 38.0 Å². The second kappa shape index (κ2) is 7.65. The molecule has 1 aliphatic heterocycles. The SMILES string of the molecule is COc1cccc(COC(C)C(=O)NC2CCc3nnc(C)n3C2)c1. The molecule has 0 fully saturated rings. The fourth-order valence-electron chi connectivity index (χ4n) is 2.96. The van der Waals surface area contributed by atoms with Gasteiger partial charge in [0.15, 0.2) is 0 Å². The zero-order valence-electron chi connectivity index (χ0n) is 14.9. The van der Waals surface area contributed by atoms with Crippen LogP contribution in [-0.4, -0.2) is 39.9 Å². The van der Waals surface area contributed by atoms with Crippen LogP contribution in [0.4, 0.5) is 0 Å². The van der Waals surface area contributed by atoms with Crippen LogP contribution < -0.4 is 10.1 Å². The zero-order chi connectivity index (χ0) is 17.8. The summed E-state index contributed by atoms with van der Waals surface area (Å²) in [5, 5.41) is 11.3. The van der Waals surface area contributed by atoms with E-state index < -0.39 is 6.10 Å². The van der Waals surface area contributed by atoms with Crippen molar-refractivity contribution in [3.05, 3.63) is 41.5 Å². The predicted octanol–water partition coefficient (Wildman–Crippen LogP) is 1.63. The monoisotopic (exact) mass is 344 g/mol. The van der Waals surface area contributed by atoms with E-state index in [4.69, 9.17) is 9.47 Å². The second-order valence-electron chi connectivity index (χ2n) is 6.32. The number of amides is 1. The number of fused-ring (bicyclic) bond motifs is 1. The van der Waals surface area contributed by atoms with Crippen LogP contribution in [0.2, 0.25) is 0 Å². The summed E-state index contributed by atoms with van der Waals surface area (Å²) >= 11 is 0. The van der Waals surface area contributed by atoms with E-state index in [-0.39, 0.29) is 11.9 Å². The van der Waals surface area contributed by atoms with Crippen LogP contribution in [0.25, 0.3) is 0 Å². The fourth-order valence-corrected chi connectivity index (χ4v) is 2.96. The molecule has 1 aromatic heterocycles. The number of carbonyl (C=O) groups is 1. The molecule has 0 aliphatic carbocycles. The molecule has 0 radical (unpaired) electrons. The third kappa shape index (κ3) is 4.17. The molecule has 2 atom stereocenters. The van der Waals surface area contributed by atoms with Crippen molar-refractivity contribution >= 4 is 5.91 Å². The number of ether oxygens (including phenoxy) is 2. The van der Waals surface area contributed by atoms with E-state index in [0.29, 0.717) is 13.2 Å². The maximum absolute atomic E-state index is 12.4. The molecule has 1 amide bonds. The third-order valence-corrected chi connectivity index (χ3v) is 4.48. The summed E-state index contributed by atoms with van der Waals surface area (Å²) in [5.74, 6) is 2.56. The molecular weight excluding hydrogens is 320 g/mol. The highest BCUT2D eigenvalue weighted by Gasteiger charge is 2.24. The minimum atomic E-state index is -0.519. The molecule has 1 N–H and O–H groups in total. The topological polar surface area (TPSA) is 78.3 Å². The van der Waals surface area contributed by atoms with Crippen molar-refractivity contribution in [2.24, 2.45) is 0 Å². The van der Waals surface area contributed by atoms with Gasteiger partial charge in [0.2, 0.25) is 5.91 Å². The Morgan fingerprint density at radius 3 is 3.08 bits per heavy atom. The molecule has 0 saturated carbocycles. The number of methoxy groups -OCH3 is 1. The molecule has 2 unspecified atom stereocenters. The first kappa shape index (κ1) is 17.4. The number of carbonyl (C=O) groups excluding carboxylic acids is 1. The largest absolute Gasteiger partial charge is 0.497 e. The molecule has 2 heterocycles. The Morgan fingerprint density at radius 2 is 2.28 bits per heavy atom. The smallest absolute Gasteiger partial charge is 0.249 e. The fraction of sp³-hybridized carbons (Fsp3) is 0.500. The summed E-state index contributed by atoms with van der Waals surface area (Å²) in [6.45, 7) is 4.78. The molecule has 0 saturated heterocycles. The summed E-state index contributed by atoms with van der Waals surface area (Å²) < 4.78 is 13.0. The van der Waals surface area contributed by atoms with Gasteiger partial charge < -0.3 is 19.4 Å². The predicted molar refractivity (Wildman–Crippen MR) is 92.3 cm³/mol. The Balaban J connectivity index is 1.50. The highest BCUT2D eigenvalue weighted by Crippen LogP contribution is 2.16. The maximum Gasteiger partial charge on any atom is 0.249 e. The van der Waals surface area contributed by atoms with E-state index in [9.17, 15) is 4.79 Å². The quantitative estimate of drug-likeness (QED) is 0.862. The number of hydrogen-bond donors (Lipinski definition) is 1. The Bertz CT molecular complexity index is 744. The van der Waals surface area contributed by atoms with Crippen molar-refractivity contribution in [3.8, 4) is 5.75 Å². The minimum absolute atomic E-state index is 0.0811. The number of rotatable bonds is 6. The van der Waals surface area contributed by atoms with Crippen molar-refractivity contribution in [1.82, 2.24) is 20.1 Å². The number of benzene rings is 1. The standard InChI is InChI=1S/C18H24N4O3/c1-12(25-11-14-5-4-6-16(9-14)24-3)18(23)19-15-7-8-17-21-20-13(2)22(17)10-15/h4-6,9,12,15H,7-8,10-11H2,1-3H3,(H,19,23). The van der Waals surface area contributed by atoms with Crippen LogP contribution in [0.1, 0.15) is 30.6 Å². The lowest BCUT2D eigenvalue weighted by Gasteiger charge is -2.26. The van der Waals surface area contributed by atoms with Gasteiger partial charge in [0.1, 0.15) is 23.5 Å². The molecule has 7 nitrogen and oxygen atoms in total. The highest BCUT2D eigenvalue weighted by molar-refractivity contribution is 5.80. The molecule has 2 aromatic rings. The molecule has 1 aliphatic rings. The first-order valence-corrected chi connectivity index (χ1v) is 8.50. The maximum atomic E-state index is 12.4. The first-order chi connectivity index (χ1) is 12.1. The molecule has 0 bridgehead atoms. The summed E-state index contributed by atoms with van der Waals surface area (Å²) in [5.41, 5.74) is 0.974. The van der Waals surface area contributed by atoms with Gasteiger partial charge in [-0.3, -0.25) is 4.79 Å². The molecule has 7 heteroatoms. The normalized spacial score (nSPS) is 17.6. The summed E-state index contributed by atoms with van der Waals surface area (Å²) in [4.78, 5) is 12.4. The Labute approximate surface area is 147 Å². The van der Waals surface area contributed by atoms with Gasteiger partial charge in [-0.25, -0.2) is 0 Å². The lowest BCUT2D eigenvalue weighted by atomic mass is 10.1. The van der Waals surface area contributed by atoms with Crippen LogP contribution in [0.3, 0.4) is 0 Å². The van der Waals surface area contributed by atoms with Crippen molar-refractivity contribution in [1.29, 1.82) is 0 Å². The first-order valence-electron chi connectivity index (χ1n) is 8.50. The number of nitrogens with one attached hydrogen (secondary N) is 1. The van der Waals surface area contributed by atoms with Crippen molar-refractivity contribution in [2.45, 2.75) is 52.0 Å². The van der Waals surface area contributed by atoms with Crippen LogP contribution in [0.5, 0.6) is 5.75 Å². The van der Waals surface area contributed by atoms with Gasteiger partial charge in [0.05, 0.1) is 13.7 Å². The van der Waals surface area contributed by atoms with E-state index in [0.717, 1.165) is 35.8 Å². The molecular formula is C18H24N4O3. The van der Waals surface area contributed by atoms with E-state index >= 15 is 0 Å². The minimum Gasteiger partial charge on any atom is -0.497 e.